The Morgan fingerprint density at radius 3 is 2.71 bits per heavy atom. The van der Waals surface area contributed by atoms with Crippen molar-refractivity contribution in [3.05, 3.63) is 35.9 Å². The van der Waals surface area contributed by atoms with E-state index in [1.54, 1.807) is 0 Å². The van der Waals surface area contributed by atoms with Crippen LogP contribution in [-0.2, 0) is 4.79 Å². The lowest BCUT2D eigenvalue weighted by Gasteiger charge is -2.29. The van der Waals surface area contributed by atoms with Gasteiger partial charge < -0.3 is 10.1 Å². The fraction of sp³-hybridized carbons (Fsp3) is 0.364. The topological polar surface area (TPSA) is 41.1 Å². The van der Waals surface area contributed by atoms with E-state index in [-0.39, 0.29) is 12.1 Å². The van der Waals surface area contributed by atoms with Crippen LogP contribution in [0.1, 0.15) is 11.6 Å². The lowest BCUT2D eigenvalue weighted by Crippen LogP contribution is -2.50. The van der Waals surface area contributed by atoms with Gasteiger partial charge in [-0.25, -0.2) is 0 Å². The Hall–Kier alpha value is -1.19. The molecule has 3 nitrogen and oxygen atoms in total. The molecule has 0 saturated carbocycles. The number of carbonyl (C=O) groups is 1. The molecule has 2 atom stereocenters. The summed E-state index contributed by atoms with van der Waals surface area (Å²) in [6.45, 7) is 1.61. The molecule has 2 rings (SSSR count). The molecule has 1 aliphatic heterocycles. The SMILES string of the molecule is O=CC1CNCC(c2ccccc2)N1. The van der Waals surface area contributed by atoms with Gasteiger partial charge in [0, 0.05) is 19.1 Å². The molecule has 0 aromatic heterocycles. The van der Waals surface area contributed by atoms with Crippen LogP contribution in [0.3, 0.4) is 0 Å². The van der Waals surface area contributed by atoms with E-state index in [1.807, 2.05) is 18.2 Å². The van der Waals surface area contributed by atoms with Gasteiger partial charge in [0.2, 0.25) is 0 Å². The number of benzene rings is 1. The summed E-state index contributed by atoms with van der Waals surface area (Å²) in [7, 11) is 0. The van der Waals surface area contributed by atoms with Gasteiger partial charge in [-0.1, -0.05) is 30.3 Å². The van der Waals surface area contributed by atoms with Gasteiger partial charge in [-0.3, -0.25) is 5.32 Å². The maximum absolute atomic E-state index is 10.6. The molecule has 0 aliphatic carbocycles. The molecule has 2 unspecified atom stereocenters. The first-order chi connectivity index (χ1) is 6.90. The molecule has 14 heavy (non-hydrogen) atoms. The molecule has 2 N–H and O–H groups in total. The highest BCUT2D eigenvalue weighted by Gasteiger charge is 2.20. The maximum Gasteiger partial charge on any atom is 0.138 e. The zero-order valence-electron chi connectivity index (χ0n) is 7.94. The van der Waals surface area contributed by atoms with Gasteiger partial charge in [-0.05, 0) is 5.56 Å². The minimum absolute atomic E-state index is 0.0612. The predicted octanol–water partition coefficient (Wildman–Crippen LogP) is 0.488. The Labute approximate surface area is 83.5 Å². The van der Waals surface area contributed by atoms with Crippen LogP contribution in [0.15, 0.2) is 30.3 Å². The van der Waals surface area contributed by atoms with E-state index in [1.165, 1.54) is 5.56 Å². The molecule has 1 saturated heterocycles. The first-order valence-electron chi connectivity index (χ1n) is 4.87. The van der Waals surface area contributed by atoms with Gasteiger partial charge in [-0.15, -0.1) is 0 Å². The summed E-state index contributed by atoms with van der Waals surface area (Å²) >= 11 is 0. The summed E-state index contributed by atoms with van der Waals surface area (Å²) < 4.78 is 0. The highest BCUT2D eigenvalue weighted by molar-refractivity contribution is 5.58. The van der Waals surface area contributed by atoms with Crippen LogP contribution in [0.5, 0.6) is 0 Å². The fourth-order valence-corrected chi connectivity index (χ4v) is 1.75. The molecule has 1 heterocycles. The average Bonchev–Trinajstić information content (AvgIpc) is 2.30. The molecule has 0 radical (unpaired) electrons. The summed E-state index contributed by atoms with van der Waals surface area (Å²) in [4.78, 5) is 10.6. The van der Waals surface area contributed by atoms with Crippen molar-refractivity contribution in [2.75, 3.05) is 13.1 Å². The molecule has 0 amide bonds. The van der Waals surface area contributed by atoms with Gasteiger partial charge in [0.05, 0.1) is 6.04 Å². The Balaban J connectivity index is 2.08. The number of aldehydes is 1. The minimum atomic E-state index is -0.0612. The van der Waals surface area contributed by atoms with Crippen LogP contribution in [0.2, 0.25) is 0 Å². The van der Waals surface area contributed by atoms with Crippen LogP contribution in [0, 0.1) is 0 Å². The van der Waals surface area contributed by atoms with Gasteiger partial charge in [-0.2, -0.15) is 0 Å². The van der Waals surface area contributed by atoms with Crippen molar-refractivity contribution in [1.82, 2.24) is 10.6 Å². The molecule has 1 aliphatic rings. The molecule has 0 bridgehead atoms. The minimum Gasteiger partial charge on any atom is -0.313 e. The molecular formula is C11H14N2O. The van der Waals surface area contributed by atoms with Crippen LogP contribution in [-0.4, -0.2) is 25.4 Å². The highest BCUT2D eigenvalue weighted by Crippen LogP contribution is 2.13. The van der Waals surface area contributed by atoms with Crippen LogP contribution in [0.25, 0.3) is 0 Å². The van der Waals surface area contributed by atoms with Crippen molar-refractivity contribution in [3.8, 4) is 0 Å². The number of hydrogen-bond donors (Lipinski definition) is 2. The van der Waals surface area contributed by atoms with E-state index in [2.05, 4.69) is 22.8 Å². The molecule has 74 valence electrons. The normalized spacial score (nSPS) is 27.1. The van der Waals surface area contributed by atoms with Gasteiger partial charge in [0.25, 0.3) is 0 Å². The van der Waals surface area contributed by atoms with E-state index >= 15 is 0 Å². The van der Waals surface area contributed by atoms with Crippen molar-refractivity contribution in [3.63, 3.8) is 0 Å². The summed E-state index contributed by atoms with van der Waals surface area (Å²) in [5.41, 5.74) is 1.23. The van der Waals surface area contributed by atoms with E-state index in [4.69, 9.17) is 0 Å². The summed E-state index contributed by atoms with van der Waals surface area (Å²) in [6.07, 6.45) is 0.960. The van der Waals surface area contributed by atoms with Crippen LogP contribution >= 0.6 is 0 Å². The van der Waals surface area contributed by atoms with Gasteiger partial charge >= 0.3 is 0 Å². The molecule has 0 spiro atoms. The highest BCUT2D eigenvalue weighted by atomic mass is 16.1. The zero-order chi connectivity index (χ0) is 9.80. The number of carbonyl (C=O) groups excluding carboxylic acids is 1. The second kappa shape index (κ2) is 4.35. The molecule has 1 fully saturated rings. The standard InChI is InChI=1S/C11H14N2O/c14-8-10-6-12-7-11(13-10)9-4-2-1-3-5-9/h1-5,8,10-13H,6-7H2. The van der Waals surface area contributed by atoms with Crippen LogP contribution < -0.4 is 10.6 Å². The van der Waals surface area contributed by atoms with Crippen molar-refractivity contribution in [2.24, 2.45) is 0 Å². The average molecular weight is 190 g/mol. The zero-order valence-corrected chi connectivity index (χ0v) is 7.94. The second-order valence-corrected chi connectivity index (χ2v) is 3.53. The Kier molecular flexibility index (Phi) is 2.91. The van der Waals surface area contributed by atoms with Crippen molar-refractivity contribution < 1.29 is 4.79 Å². The number of nitrogens with one attached hydrogen (secondary N) is 2. The lowest BCUT2D eigenvalue weighted by molar-refractivity contribution is -0.110. The third kappa shape index (κ3) is 2.00. The maximum atomic E-state index is 10.6. The Bertz CT molecular complexity index is 299. The molecule has 3 heteroatoms. The number of piperazine rings is 1. The van der Waals surface area contributed by atoms with E-state index in [9.17, 15) is 4.79 Å². The molecular weight excluding hydrogens is 176 g/mol. The summed E-state index contributed by atoms with van der Waals surface area (Å²) in [5.74, 6) is 0. The predicted molar refractivity (Wildman–Crippen MR) is 55.0 cm³/mol. The smallest absolute Gasteiger partial charge is 0.138 e. The largest absolute Gasteiger partial charge is 0.313 e. The monoisotopic (exact) mass is 190 g/mol. The fourth-order valence-electron chi connectivity index (χ4n) is 1.75. The van der Waals surface area contributed by atoms with Crippen molar-refractivity contribution >= 4 is 6.29 Å². The Morgan fingerprint density at radius 2 is 2.00 bits per heavy atom. The molecule has 1 aromatic carbocycles. The lowest BCUT2D eigenvalue weighted by atomic mass is 10.0. The Morgan fingerprint density at radius 1 is 1.21 bits per heavy atom. The third-order valence-corrected chi connectivity index (χ3v) is 2.49. The quantitative estimate of drug-likeness (QED) is 0.667. The van der Waals surface area contributed by atoms with Crippen molar-refractivity contribution in [1.29, 1.82) is 0 Å². The van der Waals surface area contributed by atoms with E-state index in [0.29, 0.717) is 0 Å². The first-order valence-corrected chi connectivity index (χ1v) is 4.87. The second-order valence-electron chi connectivity index (χ2n) is 3.53. The van der Waals surface area contributed by atoms with E-state index in [0.717, 1.165) is 19.4 Å². The third-order valence-electron chi connectivity index (χ3n) is 2.49. The van der Waals surface area contributed by atoms with E-state index < -0.39 is 0 Å². The number of hydrogen-bond acceptors (Lipinski definition) is 3. The van der Waals surface area contributed by atoms with Gasteiger partial charge in [0.1, 0.15) is 6.29 Å². The van der Waals surface area contributed by atoms with Crippen LogP contribution in [0.4, 0.5) is 0 Å². The number of rotatable bonds is 2. The van der Waals surface area contributed by atoms with Crippen molar-refractivity contribution in [2.45, 2.75) is 12.1 Å². The summed E-state index contributed by atoms with van der Waals surface area (Å²) in [5, 5.41) is 6.53. The summed E-state index contributed by atoms with van der Waals surface area (Å²) in [6, 6.07) is 10.4. The first kappa shape index (κ1) is 9.37. The molecule has 1 aromatic rings. The van der Waals surface area contributed by atoms with Gasteiger partial charge in [0.15, 0.2) is 0 Å².